The molecule has 0 radical (unpaired) electrons. The lowest BCUT2D eigenvalue weighted by Gasteiger charge is -2.19. The van der Waals surface area contributed by atoms with E-state index in [1.807, 2.05) is 6.92 Å². The molecule has 0 atom stereocenters. The first-order chi connectivity index (χ1) is 14.5. The van der Waals surface area contributed by atoms with Crippen LogP contribution < -0.4 is 15.4 Å². The molecular formula is C22H29N3O5S. The van der Waals surface area contributed by atoms with Gasteiger partial charge in [0.25, 0.3) is 5.91 Å². The van der Waals surface area contributed by atoms with Crippen molar-refractivity contribution in [3.8, 4) is 0 Å². The summed E-state index contributed by atoms with van der Waals surface area (Å²) in [5.74, 6) is -0.405. The zero-order chi connectivity index (χ0) is 23.1. The van der Waals surface area contributed by atoms with Crippen LogP contribution in [0.2, 0.25) is 0 Å². The van der Waals surface area contributed by atoms with Crippen molar-refractivity contribution >= 4 is 33.4 Å². The molecule has 2 aromatic carbocycles. The Kier molecular flexibility index (Phi) is 8.18. The smallest absolute Gasteiger partial charge is 0.412 e. The molecule has 2 amide bonds. The van der Waals surface area contributed by atoms with Crippen molar-refractivity contribution in [3.63, 3.8) is 0 Å². The Morgan fingerprint density at radius 1 is 0.968 bits per heavy atom. The molecule has 0 aliphatic heterocycles. The number of amides is 2. The zero-order valence-electron chi connectivity index (χ0n) is 18.2. The summed E-state index contributed by atoms with van der Waals surface area (Å²) < 4.78 is 32.4. The minimum Gasteiger partial charge on any atom is -0.444 e. The first-order valence-electron chi connectivity index (χ1n) is 10.0. The standard InChI is InChI=1S/C22H29N3O5S/c1-5-6-14-23-31(28,29)19-9-7-8-18(15-19)24-20(26)16-10-12-17(13-11-16)25-21(27)30-22(2,3)4/h7-13,15,23H,5-6,14H2,1-4H3,(H,24,26)(H,25,27). The molecule has 31 heavy (non-hydrogen) atoms. The number of unbranched alkanes of at least 4 members (excludes halogenated alkanes) is 1. The number of carbonyl (C=O) groups excluding carboxylic acids is 2. The SMILES string of the molecule is CCCCNS(=O)(=O)c1cccc(NC(=O)c2ccc(NC(=O)OC(C)(C)C)cc2)c1. The van der Waals surface area contributed by atoms with E-state index >= 15 is 0 Å². The number of carbonyl (C=O) groups is 2. The molecule has 0 saturated heterocycles. The van der Waals surface area contributed by atoms with Gasteiger partial charge in [-0.1, -0.05) is 19.4 Å². The van der Waals surface area contributed by atoms with Gasteiger partial charge in [0.15, 0.2) is 0 Å². The van der Waals surface area contributed by atoms with Gasteiger partial charge in [0, 0.05) is 23.5 Å². The summed E-state index contributed by atoms with van der Waals surface area (Å²) in [6, 6.07) is 12.3. The third kappa shape index (κ3) is 8.03. The van der Waals surface area contributed by atoms with Crippen LogP contribution in [0.15, 0.2) is 53.4 Å². The van der Waals surface area contributed by atoms with E-state index in [-0.39, 0.29) is 4.90 Å². The highest BCUT2D eigenvalue weighted by atomic mass is 32.2. The minimum atomic E-state index is -3.64. The number of benzene rings is 2. The van der Waals surface area contributed by atoms with Crippen molar-refractivity contribution < 1.29 is 22.7 Å². The van der Waals surface area contributed by atoms with E-state index in [0.29, 0.717) is 23.5 Å². The van der Waals surface area contributed by atoms with Gasteiger partial charge < -0.3 is 10.1 Å². The maximum absolute atomic E-state index is 12.5. The number of rotatable bonds is 8. The number of sulfonamides is 1. The Morgan fingerprint density at radius 2 is 1.65 bits per heavy atom. The Hall–Kier alpha value is -2.91. The van der Waals surface area contributed by atoms with Crippen molar-refractivity contribution in [3.05, 3.63) is 54.1 Å². The molecule has 0 heterocycles. The van der Waals surface area contributed by atoms with Gasteiger partial charge in [-0.25, -0.2) is 17.9 Å². The molecule has 8 nitrogen and oxygen atoms in total. The van der Waals surface area contributed by atoms with Gasteiger partial charge in [-0.15, -0.1) is 0 Å². The Morgan fingerprint density at radius 3 is 2.26 bits per heavy atom. The summed E-state index contributed by atoms with van der Waals surface area (Å²) >= 11 is 0. The summed E-state index contributed by atoms with van der Waals surface area (Å²) in [5, 5.41) is 5.28. The van der Waals surface area contributed by atoms with Gasteiger partial charge in [-0.3, -0.25) is 10.1 Å². The molecule has 0 bridgehead atoms. The lowest BCUT2D eigenvalue weighted by molar-refractivity contribution is 0.0635. The molecule has 9 heteroatoms. The van der Waals surface area contributed by atoms with E-state index in [1.54, 1.807) is 57.2 Å². The van der Waals surface area contributed by atoms with Crippen molar-refractivity contribution in [2.24, 2.45) is 0 Å². The van der Waals surface area contributed by atoms with Crippen LogP contribution in [-0.2, 0) is 14.8 Å². The van der Waals surface area contributed by atoms with Gasteiger partial charge in [-0.2, -0.15) is 0 Å². The van der Waals surface area contributed by atoms with Crippen LogP contribution in [-0.4, -0.2) is 32.6 Å². The van der Waals surface area contributed by atoms with Gasteiger partial charge in [0.05, 0.1) is 4.90 Å². The maximum Gasteiger partial charge on any atom is 0.412 e. The fraction of sp³-hybridized carbons (Fsp3) is 0.364. The molecule has 0 fully saturated rings. The van der Waals surface area contributed by atoms with Crippen LogP contribution in [0.4, 0.5) is 16.2 Å². The summed E-state index contributed by atoms with van der Waals surface area (Å²) in [4.78, 5) is 24.4. The van der Waals surface area contributed by atoms with Gasteiger partial charge in [0.2, 0.25) is 10.0 Å². The van der Waals surface area contributed by atoms with E-state index in [1.165, 1.54) is 12.1 Å². The summed E-state index contributed by atoms with van der Waals surface area (Å²) in [6.45, 7) is 7.63. The monoisotopic (exact) mass is 447 g/mol. The normalized spacial score (nSPS) is 11.6. The number of hydrogen-bond acceptors (Lipinski definition) is 5. The first kappa shape index (κ1) is 24.4. The summed E-state index contributed by atoms with van der Waals surface area (Å²) in [5.41, 5.74) is 0.581. The number of anilines is 2. The Bertz CT molecular complexity index is 1010. The van der Waals surface area contributed by atoms with Crippen LogP contribution in [0.1, 0.15) is 50.9 Å². The van der Waals surface area contributed by atoms with E-state index in [0.717, 1.165) is 12.8 Å². The lowest BCUT2D eigenvalue weighted by Crippen LogP contribution is -2.27. The highest BCUT2D eigenvalue weighted by Crippen LogP contribution is 2.18. The van der Waals surface area contributed by atoms with Crippen LogP contribution in [0.5, 0.6) is 0 Å². The topological polar surface area (TPSA) is 114 Å². The highest BCUT2D eigenvalue weighted by molar-refractivity contribution is 7.89. The molecule has 3 N–H and O–H groups in total. The van der Waals surface area contributed by atoms with Crippen LogP contribution in [0.25, 0.3) is 0 Å². The molecule has 2 rings (SSSR count). The fourth-order valence-electron chi connectivity index (χ4n) is 2.54. The second kappa shape index (κ2) is 10.4. The molecule has 0 aliphatic carbocycles. The van der Waals surface area contributed by atoms with Crippen molar-refractivity contribution in [2.45, 2.75) is 51.0 Å². The largest absolute Gasteiger partial charge is 0.444 e. The average molecular weight is 448 g/mol. The van der Waals surface area contributed by atoms with Gasteiger partial charge in [0.1, 0.15) is 5.60 Å². The third-order valence-corrected chi connectivity index (χ3v) is 5.48. The minimum absolute atomic E-state index is 0.0818. The van der Waals surface area contributed by atoms with Crippen LogP contribution in [0.3, 0.4) is 0 Å². The number of hydrogen-bond donors (Lipinski definition) is 3. The molecular weight excluding hydrogens is 418 g/mol. The molecule has 168 valence electrons. The van der Waals surface area contributed by atoms with Crippen molar-refractivity contribution in [1.82, 2.24) is 4.72 Å². The van der Waals surface area contributed by atoms with E-state index in [9.17, 15) is 18.0 Å². The third-order valence-electron chi connectivity index (χ3n) is 4.02. The van der Waals surface area contributed by atoms with Crippen LogP contribution >= 0.6 is 0 Å². The van der Waals surface area contributed by atoms with E-state index < -0.39 is 27.6 Å². The average Bonchev–Trinajstić information content (AvgIpc) is 2.67. The van der Waals surface area contributed by atoms with E-state index in [2.05, 4.69) is 15.4 Å². The van der Waals surface area contributed by atoms with Crippen LogP contribution in [0, 0.1) is 0 Å². The predicted octanol–water partition coefficient (Wildman–Crippen LogP) is 4.36. The second-order valence-corrected chi connectivity index (χ2v) is 9.70. The lowest BCUT2D eigenvalue weighted by atomic mass is 10.2. The second-order valence-electron chi connectivity index (χ2n) is 7.94. The quantitative estimate of drug-likeness (QED) is 0.520. The molecule has 0 aliphatic rings. The Labute approximate surface area is 183 Å². The van der Waals surface area contributed by atoms with Crippen molar-refractivity contribution in [1.29, 1.82) is 0 Å². The first-order valence-corrected chi connectivity index (χ1v) is 11.5. The number of ether oxygens (including phenoxy) is 1. The highest BCUT2D eigenvalue weighted by Gasteiger charge is 2.17. The fourth-order valence-corrected chi connectivity index (χ4v) is 3.66. The maximum atomic E-state index is 12.5. The molecule has 0 spiro atoms. The predicted molar refractivity (Wildman–Crippen MR) is 121 cm³/mol. The Balaban J connectivity index is 2.03. The van der Waals surface area contributed by atoms with E-state index in [4.69, 9.17) is 4.74 Å². The van der Waals surface area contributed by atoms with Crippen molar-refractivity contribution in [2.75, 3.05) is 17.2 Å². The van der Waals surface area contributed by atoms with Gasteiger partial charge >= 0.3 is 6.09 Å². The zero-order valence-corrected chi connectivity index (χ0v) is 19.0. The number of nitrogens with one attached hydrogen (secondary N) is 3. The summed E-state index contributed by atoms with van der Waals surface area (Å²) in [7, 11) is -3.64. The summed E-state index contributed by atoms with van der Waals surface area (Å²) in [6.07, 6.45) is 1.04. The molecule has 2 aromatic rings. The molecule has 0 unspecified atom stereocenters. The molecule has 0 aromatic heterocycles. The molecule has 0 saturated carbocycles. The van der Waals surface area contributed by atoms with Gasteiger partial charge in [-0.05, 0) is 69.7 Å².